The lowest BCUT2D eigenvalue weighted by molar-refractivity contribution is -0.159. The first-order valence-electron chi connectivity index (χ1n) is 6.44. The number of ether oxygens (including phenoxy) is 1. The summed E-state index contributed by atoms with van der Waals surface area (Å²) in [6.45, 7) is 2.35. The molecular weight excluding hydrogens is 274 g/mol. The summed E-state index contributed by atoms with van der Waals surface area (Å²) in [6.07, 6.45) is 0.646. The summed E-state index contributed by atoms with van der Waals surface area (Å²) in [7, 11) is 1.36. The van der Waals surface area contributed by atoms with Crippen molar-refractivity contribution in [1.82, 2.24) is 4.90 Å². The minimum atomic E-state index is -0.825. The predicted molar refractivity (Wildman–Crippen MR) is 77.9 cm³/mol. The maximum atomic E-state index is 12.7. The Labute approximate surface area is 120 Å². The molecule has 4 nitrogen and oxygen atoms in total. The molecule has 1 amide bonds. The summed E-state index contributed by atoms with van der Waals surface area (Å²) in [6, 6.07) is 7.80. The summed E-state index contributed by atoms with van der Waals surface area (Å²) in [5, 5.41) is 2.81. The van der Waals surface area contributed by atoms with E-state index in [1.807, 2.05) is 29.6 Å². The molecule has 0 bridgehead atoms. The predicted octanol–water partition coefficient (Wildman–Crippen LogP) is 2.68. The molecule has 1 atom stereocenters. The quantitative estimate of drug-likeness (QED) is 0.799. The lowest BCUT2D eigenvalue weighted by atomic mass is 9.86. The van der Waals surface area contributed by atoms with E-state index in [1.54, 1.807) is 23.2 Å². The molecule has 1 aliphatic rings. The average Bonchev–Trinajstić information content (AvgIpc) is 2.88. The monoisotopic (exact) mass is 289 g/mol. The van der Waals surface area contributed by atoms with E-state index < -0.39 is 5.54 Å². The van der Waals surface area contributed by atoms with Gasteiger partial charge < -0.3 is 9.64 Å². The Morgan fingerprint density at radius 1 is 1.35 bits per heavy atom. The molecule has 0 N–H and O–H groups in total. The van der Waals surface area contributed by atoms with Crippen molar-refractivity contribution < 1.29 is 14.3 Å². The van der Waals surface area contributed by atoms with E-state index in [9.17, 15) is 9.59 Å². The van der Waals surface area contributed by atoms with Gasteiger partial charge in [-0.05, 0) is 19.4 Å². The van der Waals surface area contributed by atoms with Gasteiger partial charge in [-0.1, -0.05) is 18.2 Å². The number of esters is 1. The SMILES string of the molecule is COC(=O)[C@@]1(C)CCN1C(=O)c1csc2ccccc12. The zero-order valence-electron chi connectivity index (χ0n) is 11.4. The van der Waals surface area contributed by atoms with E-state index in [-0.39, 0.29) is 11.9 Å². The molecule has 0 aliphatic carbocycles. The Morgan fingerprint density at radius 2 is 2.10 bits per heavy atom. The van der Waals surface area contributed by atoms with Crippen LogP contribution in [0, 0.1) is 0 Å². The lowest BCUT2D eigenvalue weighted by Gasteiger charge is -2.47. The van der Waals surface area contributed by atoms with Gasteiger partial charge in [0, 0.05) is 22.0 Å². The van der Waals surface area contributed by atoms with Crippen molar-refractivity contribution >= 4 is 33.3 Å². The van der Waals surface area contributed by atoms with Crippen LogP contribution >= 0.6 is 11.3 Å². The van der Waals surface area contributed by atoms with Crippen molar-refractivity contribution in [3.8, 4) is 0 Å². The highest BCUT2D eigenvalue weighted by atomic mass is 32.1. The fourth-order valence-electron chi connectivity index (χ4n) is 2.61. The molecule has 1 fully saturated rings. The summed E-state index contributed by atoms with van der Waals surface area (Å²) < 4.78 is 5.89. The second-order valence-corrected chi connectivity index (χ2v) is 6.03. The van der Waals surface area contributed by atoms with Gasteiger partial charge in [-0.2, -0.15) is 0 Å². The van der Waals surface area contributed by atoms with Gasteiger partial charge in [0.25, 0.3) is 5.91 Å². The first kappa shape index (κ1) is 13.1. The van der Waals surface area contributed by atoms with Gasteiger partial charge in [-0.25, -0.2) is 4.79 Å². The van der Waals surface area contributed by atoms with Crippen LogP contribution in [0.2, 0.25) is 0 Å². The molecule has 5 heteroatoms. The number of nitrogens with zero attached hydrogens (tertiary/aromatic N) is 1. The molecule has 104 valence electrons. The number of amides is 1. The molecule has 0 radical (unpaired) electrons. The topological polar surface area (TPSA) is 46.6 Å². The Bertz CT molecular complexity index is 693. The third kappa shape index (κ3) is 1.73. The minimum Gasteiger partial charge on any atom is -0.467 e. The zero-order chi connectivity index (χ0) is 14.3. The van der Waals surface area contributed by atoms with Crippen molar-refractivity contribution in [2.45, 2.75) is 18.9 Å². The van der Waals surface area contributed by atoms with Crippen LogP contribution in [-0.4, -0.2) is 36.0 Å². The standard InChI is InChI=1S/C15H15NO3S/c1-15(14(18)19-2)7-8-16(15)13(17)11-9-20-12-6-4-3-5-10(11)12/h3-6,9H,7-8H2,1-2H3/t15-/m1/s1. The third-order valence-corrected chi connectivity index (χ3v) is 4.96. The maximum Gasteiger partial charge on any atom is 0.331 e. The van der Waals surface area contributed by atoms with Gasteiger partial charge >= 0.3 is 5.97 Å². The van der Waals surface area contributed by atoms with E-state index >= 15 is 0 Å². The normalized spacial score (nSPS) is 21.6. The van der Waals surface area contributed by atoms with Gasteiger partial charge in [0.2, 0.25) is 0 Å². The van der Waals surface area contributed by atoms with Crippen LogP contribution in [0.1, 0.15) is 23.7 Å². The zero-order valence-corrected chi connectivity index (χ0v) is 12.2. The number of carbonyl (C=O) groups excluding carboxylic acids is 2. The summed E-state index contributed by atoms with van der Waals surface area (Å²) in [5.41, 5.74) is -0.157. The minimum absolute atomic E-state index is 0.0957. The molecule has 0 spiro atoms. The highest BCUT2D eigenvalue weighted by Crippen LogP contribution is 2.35. The number of carbonyl (C=O) groups is 2. The van der Waals surface area contributed by atoms with Crippen LogP contribution in [0.3, 0.4) is 0 Å². The number of fused-ring (bicyclic) bond motifs is 1. The fraction of sp³-hybridized carbons (Fsp3) is 0.333. The van der Waals surface area contributed by atoms with E-state index in [4.69, 9.17) is 4.74 Å². The Morgan fingerprint density at radius 3 is 2.75 bits per heavy atom. The van der Waals surface area contributed by atoms with Crippen LogP contribution < -0.4 is 0 Å². The molecular formula is C15H15NO3S. The third-order valence-electron chi connectivity index (χ3n) is 4.00. The highest BCUT2D eigenvalue weighted by molar-refractivity contribution is 7.17. The molecule has 20 heavy (non-hydrogen) atoms. The van der Waals surface area contributed by atoms with Crippen LogP contribution in [-0.2, 0) is 9.53 Å². The van der Waals surface area contributed by atoms with E-state index in [0.717, 1.165) is 10.1 Å². The molecule has 2 heterocycles. The van der Waals surface area contributed by atoms with Crippen molar-refractivity contribution in [1.29, 1.82) is 0 Å². The van der Waals surface area contributed by atoms with Crippen LogP contribution in [0.5, 0.6) is 0 Å². The van der Waals surface area contributed by atoms with Gasteiger partial charge in [0.1, 0.15) is 5.54 Å². The van der Waals surface area contributed by atoms with Crippen LogP contribution in [0.15, 0.2) is 29.6 Å². The Balaban J connectivity index is 1.96. The fourth-order valence-corrected chi connectivity index (χ4v) is 3.54. The number of hydrogen-bond donors (Lipinski definition) is 0. The molecule has 2 aromatic rings. The Kier molecular flexibility index (Phi) is 3.01. The molecule has 1 aromatic heterocycles. The smallest absolute Gasteiger partial charge is 0.331 e. The summed E-state index contributed by atoms with van der Waals surface area (Å²) in [4.78, 5) is 26.1. The van der Waals surface area contributed by atoms with Crippen molar-refractivity contribution in [2.75, 3.05) is 13.7 Å². The van der Waals surface area contributed by atoms with E-state index in [2.05, 4.69) is 0 Å². The number of rotatable bonds is 2. The van der Waals surface area contributed by atoms with Crippen molar-refractivity contribution in [3.05, 3.63) is 35.2 Å². The molecule has 0 saturated carbocycles. The first-order chi connectivity index (χ1) is 9.58. The molecule has 3 rings (SSSR count). The number of thiophene rings is 1. The van der Waals surface area contributed by atoms with Gasteiger partial charge in [-0.15, -0.1) is 11.3 Å². The second kappa shape index (κ2) is 4.59. The number of hydrogen-bond acceptors (Lipinski definition) is 4. The molecule has 1 aromatic carbocycles. The number of likely N-dealkylation sites (tertiary alicyclic amines) is 1. The number of benzene rings is 1. The largest absolute Gasteiger partial charge is 0.467 e. The molecule has 1 aliphatic heterocycles. The summed E-state index contributed by atoms with van der Waals surface area (Å²) >= 11 is 1.54. The first-order valence-corrected chi connectivity index (χ1v) is 7.32. The lowest BCUT2D eigenvalue weighted by Crippen LogP contribution is -2.64. The van der Waals surface area contributed by atoms with Crippen LogP contribution in [0.25, 0.3) is 10.1 Å². The average molecular weight is 289 g/mol. The van der Waals surface area contributed by atoms with Crippen molar-refractivity contribution in [3.63, 3.8) is 0 Å². The summed E-state index contributed by atoms with van der Waals surface area (Å²) in [5.74, 6) is -0.446. The number of methoxy groups -OCH3 is 1. The maximum absolute atomic E-state index is 12.7. The van der Waals surface area contributed by atoms with E-state index in [0.29, 0.717) is 18.5 Å². The van der Waals surface area contributed by atoms with E-state index in [1.165, 1.54) is 7.11 Å². The van der Waals surface area contributed by atoms with Gasteiger partial charge in [0.15, 0.2) is 0 Å². The highest BCUT2D eigenvalue weighted by Gasteiger charge is 2.50. The van der Waals surface area contributed by atoms with Crippen LogP contribution in [0.4, 0.5) is 0 Å². The van der Waals surface area contributed by atoms with Gasteiger partial charge in [0.05, 0.1) is 12.7 Å². The molecule has 1 saturated heterocycles. The van der Waals surface area contributed by atoms with Gasteiger partial charge in [-0.3, -0.25) is 4.79 Å². The second-order valence-electron chi connectivity index (χ2n) is 5.12. The van der Waals surface area contributed by atoms with Crippen molar-refractivity contribution in [2.24, 2.45) is 0 Å². The molecule has 0 unspecified atom stereocenters. The Hall–Kier alpha value is -1.88.